The molecule has 0 spiro atoms. The van der Waals surface area contributed by atoms with Gasteiger partial charge in [-0.05, 0) is 66.0 Å². The number of carbonyl (C=O) groups excluding carboxylic acids is 1. The average Bonchev–Trinajstić information content (AvgIpc) is 2.78. The first-order valence-electron chi connectivity index (χ1n) is 10.2. The highest BCUT2D eigenvalue weighted by Gasteiger charge is 2.42. The van der Waals surface area contributed by atoms with Gasteiger partial charge in [0.05, 0.1) is 7.11 Å². The van der Waals surface area contributed by atoms with Crippen LogP contribution in [0.4, 0.5) is 0 Å². The van der Waals surface area contributed by atoms with Gasteiger partial charge in [-0.1, -0.05) is 51.5 Å². The zero-order valence-electron chi connectivity index (χ0n) is 17.7. The van der Waals surface area contributed by atoms with Crippen molar-refractivity contribution in [2.24, 2.45) is 11.3 Å². The SMILES string of the molecule is COc1ccc(C2(c3ccc(OC(C)=O)cc3)CC(C)CCC(C)(C)C2)cc1. The molecule has 2 aromatic rings. The first-order chi connectivity index (χ1) is 13.2. The molecule has 2 atom stereocenters. The van der Waals surface area contributed by atoms with Crippen LogP contribution in [0.1, 0.15) is 64.5 Å². The largest absolute Gasteiger partial charge is 0.497 e. The molecule has 28 heavy (non-hydrogen) atoms. The standard InChI is InChI=1S/C25H32O3/c1-18-14-15-24(3,4)17-25(16-18,20-6-10-22(27-5)11-7-20)21-8-12-23(13-9-21)28-19(2)26/h6-13,18H,14-17H2,1-5H3. The van der Waals surface area contributed by atoms with Gasteiger partial charge in [0.2, 0.25) is 0 Å². The second-order valence-electron chi connectivity index (χ2n) is 9.12. The van der Waals surface area contributed by atoms with Crippen molar-refractivity contribution >= 4 is 5.97 Å². The van der Waals surface area contributed by atoms with E-state index in [1.54, 1.807) is 7.11 Å². The van der Waals surface area contributed by atoms with E-state index in [0.29, 0.717) is 11.7 Å². The number of esters is 1. The van der Waals surface area contributed by atoms with Crippen LogP contribution in [-0.4, -0.2) is 13.1 Å². The van der Waals surface area contributed by atoms with Gasteiger partial charge in [-0.2, -0.15) is 0 Å². The number of ether oxygens (including phenoxy) is 2. The van der Waals surface area contributed by atoms with Crippen molar-refractivity contribution in [3.8, 4) is 11.5 Å². The number of hydrogen-bond donors (Lipinski definition) is 0. The molecule has 0 heterocycles. The number of benzene rings is 2. The molecule has 2 aromatic carbocycles. The van der Waals surface area contributed by atoms with E-state index >= 15 is 0 Å². The molecule has 1 aliphatic carbocycles. The van der Waals surface area contributed by atoms with Gasteiger partial charge in [-0.3, -0.25) is 4.79 Å². The van der Waals surface area contributed by atoms with Crippen molar-refractivity contribution in [3.63, 3.8) is 0 Å². The predicted molar refractivity (Wildman–Crippen MR) is 113 cm³/mol. The van der Waals surface area contributed by atoms with Gasteiger partial charge in [-0.15, -0.1) is 0 Å². The van der Waals surface area contributed by atoms with E-state index < -0.39 is 0 Å². The van der Waals surface area contributed by atoms with E-state index in [0.717, 1.165) is 18.6 Å². The van der Waals surface area contributed by atoms with Crippen molar-refractivity contribution in [3.05, 3.63) is 59.7 Å². The quantitative estimate of drug-likeness (QED) is 0.363. The first kappa shape index (κ1) is 20.4. The van der Waals surface area contributed by atoms with E-state index in [1.807, 2.05) is 12.1 Å². The Hall–Kier alpha value is -2.29. The Bertz CT molecular complexity index is 805. The Morgan fingerprint density at radius 3 is 2.00 bits per heavy atom. The molecule has 0 radical (unpaired) electrons. The fourth-order valence-electron chi connectivity index (χ4n) is 4.84. The lowest BCUT2D eigenvalue weighted by molar-refractivity contribution is -0.131. The maximum atomic E-state index is 11.3. The van der Waals surface area contributed by atoms with Gasteiger partial charge in [0, 0.05) is 12.3 Å². The second kappa shape index (κ2) is 7.98. The first-order valence-corrected chi connectivity index (χ1v) is 10.2. The molecule has 3 rings (SSSR count). The molecule has 1 fully saturated rings. The minimum Gasteiger partial charge on any atom is -0.497 e. The molecule has 3 nitrogen and oxygen atoms in total. The van der Waals surface area contributed by atoms with Crippen LogP contribution in [0.2, 0.25) is 0 Å². The van der Waals surface area contributed by atoms with Crippen molar-refractivity contribution in [2.75, 3.05) is 7.11 Å². The molecule has 150 valence electrons. The second-order valence-corrected chi connectivity index (χ2v) is 9.12. The van der Waals surface area contributed by atoms with Crippen LogP contribution < -0.4 is 9.47 Å². The minimum atomic E-state index is -0.290. The summed E-state index contributed by atoms with van der Waals surface area (Å²) in [4.78, 5) is 11.3. The lowest BCUT2D eigenvalue weighted by Gasteiger charge is -2.40. The lowest BCUT2D eigenvalue weighted by Crippen LogP contribution is -2.33. The van der Waals surface area contributed by atoms with Gasteiger partial charge in [0.25, 0.3) is 0 Å². The van der Waals surface area contributed by atoms with E-state index in [1.165, 1.54) is 30.9 Å². The Labute approximate surface area is 169 Å². The Kier molecular flexibility index (Phi) is 5.83. The van der Waals surface area contributed by atoms with E-state index in [2.05, 4.69) is 57.2 Å². The van der Waals surface area contributed by atoms with Gasteiger partial charge in [-0.25, -0.2) is 0 Å². The summed E-state index contributed by atoms with van der Waals surface area (Å²) in [6.07, 6.45) is 4.67. The van der Waals surface area contributed by atoms with E-state index in [4.69, 9.17) is 9.47 Å². The lowest BCUT2D eigenvalue weighted by atomic mass is 9.63. The molecule has 1 saturated carbocycles. The van der Waals surface area contributed by atoms with Crippen LogP contribution >= 0.6 is 0 Å². The normalized spacial score (nSPS) is 24.2. The van der Waals surface area contributed by atoms with Crippen LogP contribution in [-0.2, 0) is 10.2 Å². The predicted octanol–water partition coefficient (Wildman–Crippen LogP) is 6.14. The molecule has 0 aliphatic heterocycles. The highest BCUT2D eigenvalue weighted by Crippen LogP contribution is 2.51. The maximum Gasteiger partial charge on any atom is 0.308 e. The third kappa shape index (κ3) is 4.40. The summed E-state index contributed by atoms with van der Waals surface area (Å²) in [7, 11) is 1.70. The highest BCUT2D eigenvalue weighted by atomic mass is 16.5. The molecular weight excluding hydrogens is 348 g/mol. The number of methoxy groups -OCH3 is 1. The summed E-state index contributed by atoms with van der Waals surface area (Å²) in [6.45, 7) is 8.57. The zero-order chi connectivity index (χ0) is 20.4. The van der Waals surface area contributed by atoms with E-state index in [-0.39, 0.29) is 16.8 Å². The minimum absolute atomic E-state index is 0.0690. The van der Waals surface area contributed by atoms with Crippen LogP contribution in [0.15, 0.2) is 48.5 Å². The molecule has 0 amide bonds. The van der Waals surface area contributed by atoms with Gasteiger partial charge in [0.1, 0.15) is 11.5 Å². The highest BCUT2D eigenvalue weighted by molar-refractivity contribution is 5.69. The van der Waals surface area contributed by atoms with Crippen LogP contribution in [0.5, 0.6) is 11.5 Å². The van der Waals surface area contributed by atoms with Gasteiger partial charge in [0.15, 0.2) is 0 Å². The Morgan fingerprint density at radius 2 is 1.50 bits per heavy atom. The summed E-state index contributed by atoms with van der Waals surface area (Å²) in [6, 6.07) is 16.7. The van der Waals surface area contributed by atoms with Crippen molar-refractivity contribution in [2.45, 2.75) is 58.8 Å². The fourth-order valence-corrected chi connectivity index (χ4v) is 4.84. The van der Waals surface area contributed by atoms with Crippen molar-refractivity contribution < 1.29 is 14.3 Å². The average molecular weight is 381 g/mol. The topological polar surface area (TPSA) is 35.5 Å². The summed E-state index contributed by atoms with van der Waals surface area (Å²) < 4.78 is 10.6. The summed E-state index contributed by atoms with van der Waals surface area (Å²) in [5.41, 5.74) is 2.80. The Morgan fingerprint density at radius 1 is 0.964 bits per heavy atom. The zero-order valence-corrected chi connectivity index (χ0v) is 17.7. The monoisotopic (exact) mass is 380 g/mol. The van der Waals surface area contributed by atoms with Crippen LogP contribution in [0, 0.1) is 11.3 Å². The van der Waals surface area contributed by atoms with E-state index in [9.17, 15) is 4.79 Å². The van der Waals surface area contributed by atoms with Gasteiger partial charge < -0.3 is 9.47 Å². The van der Waals surface area contributed by atoms with Crippen molar-refractivity contribution in [1.82, 2.24) is 0 Å². The number of carbonyl (C=O) groups is 1. The molecule has 0 saturated heterocycles. The van der Waals surface area contributed by atoms with Crippen LogP contribution in [0.3, 0.4) is 0 Å². The molecule has 3 heteroatoms. The van der Waals surface area contributed by atoms with Crippen LogP contribution in [0.25, 0.3) is 0 Å². The molecule has 1 aliphatic rings. The maximum absolute atomic E-state index is 11.3. The summed E-state index contributed by atoms with van der Waals surface area (Å²) in [5, 5.41) is 0. The number of rotatable bonds is 4. The third-order valence-electron chi connectivity index (χ3n) is 6.10. The molecule has 0 N–H and O–H groups in total. The summed E-state index contributed by atoms with van der Waals surface area (Å²) in [5.74, 6) is 1.82. The molecule has 0 aromatic heterocycles. The molecule has 2 unspecified atom stereocenters. The summed E-state index contributed by atoms with van der Waals surface area (Å²) >= 11 is 0. The Balaban J connectivity index is 2.11. The smallest absolute Gasteiger partial charge is 0.308 e. The third-order valence-corrected chi connectivity index (χ3v) is 6.10. The fraction of sp³-hybridized carbons (Fsp3) is 0.480. The number of hydrogen-bond acceptors (Lipinski definition) is 3. The van der Waals surface area contributed by atoms with Crippen molar-refractivity contribution in [1.29, 1.82) is 0 Å². The molecular formula is C25H32O3. The molecule has 0 bridgehead atoms. The van der Waals surface area contributed by atoms with Gasteiger partial charge >= 0.3 is 5.97 Å².